The molecule has 0 spiro atoms. The Balaban J connectivity index is 2.01. The third kappa shape index (κ3) is 4.97. The second-order valence-electron chi connectivity index (χ2n) is 5.32. The SMILES string of the molecule is CCOC(=O)N1CCC(OC(=O)c2ccc(Cl)nc2C(F)(F)F)CC1. The summed E-state index contributed by atoms with van der Waals surface area (Å²) in [5.41, 5.74) is -2.07. The van der Waals surface area contributed by atoms with Gasteiger partial charge in [0, 0.05) is 25.9 Å². The number of amides is 1. The Kier molecular flexibility index (Phi) is 6.10. The smallest absolute Gasteiger partial charge is 0.434 e. The highest BCUT2D eigenvalue weighted by Gasteiger charge is 2.38. The van der Waals surface area contributed by atoms with Crippen molar-refractivity contribution in [3.05, 3.63) is 28.5 Å². The van der Waals surface area contributed by atoms with Crippen LogP contribution in [0, 0.1) is 0 Å². The fourth-order valence-corrected chi connectivity index (χ4v) is 2.55. The number of rotatable bonds is 3. The van der Waals surface area contributed by atoms with Crippen molar-refractivity contribution in [3.63, 3.8) is 0 Å². The number of piperidine rings is 1. The van der Waals surface area contributed by atoms with Crippen molar-refractivity contribution >= 4 is 23.7 Å². The van der Waals surface area contributed by atoms with E-state index in [1.807, 2.05) is 0 Å². The van der Waals surface area contributed by atoms with Gasteiger partial charge in [0.05, 0.1) is 12.2 Å². The van der Waals surface area contributed by atoms with Crippen LogP contribution in [0.25, 0.3) is 0 Å². The van der Waals surface area contributed by atoms with Crippen molar-refractivity contribution in [2.75, 3.05) is 19.7 Å². The minimum absolute atomic E-state index is 0.248. The number of alkyl halides is 3. The number of carbonyl (C=O) groups is 2. The molecular weight excluding hydrogens is 365 g/mol. The Bertz CT molecular complexity index is 646. The molecule has 0 bridgehead atoms. The lowest BCUT2D eigenvalue weighted by molar-refractivity contribution is -0.141. The Morgan fingerprint density at radius 2 is 1.96 bits per heavy atom. The van der Waals surface area contributed by atoms with Crippen LogP contribution in [0.3, 0.4) is 0 Å². The molecule has 10 heteroatoms. The van der Waals surface area contributed by atoms with E-state index in [1.54, 1.807) is 6.92 Å². The summed E-state index contributed by atoms with van der Waals surface area (Å²) in [4.78, 5) is 28.3. The van der Waals surface area contributed by atoms with Gasteiger partial charge in [0.1, 0.15) is 11.3 Å². The Morgan fingerprint density at radius 3 is 2.52 bits per heavy atom. The molecule has 2 heterocycles. The molecule has 1 aliphatic rings. The first-order valence-electron chi connectivity index (χ1n) is 7.58. The average molecular weight is 381 g/mol. The van der Waals surface area contributed by atoms with E-state index in [0.29, 0.717) is 25.9 Å². The fourth-order valence-electron chi connectivity index (χ4n) is 2.40. The van der Waals surface area contributed by atoms with Crippen molar-refractivity contribution in [1.82, 2.24) is 9.88 Å². The lowest BCUT2D eigenvalue weighted by Gasteiger charge is -2.31. The molecule has 0 N–H and O–H groups in total. The van der Waals surface area contributed by atoms with E-state index in [2.05, 4.69) is 4.98 Å². The average Bonchev–Trinajstić information content (AvgIpc) is 2.54. The van der Waals surface area contributed by atoms with Crippen LogP contribution in [0.4, 0.5) is 18.0 Å². The molecule has 1 aromatic rings. The van der Waals surface area contributed by atoms with Crippen LogP contribution in [0.15, 0.2) is 12.1 Å². The van der Waals surface area contributed by atoms with Gasteiger partial charge in [-0.1, -0.05) is 11.6 Å². The molecule has 138 valence electrons. The third-order valence-electron chi connectivity index (χ3n) is 3.59. The molecule has 0 aliphatic carbocycles. The predicted molar refractivity (Wildman–Crippen MR) is 81.3 cm³/mol. The van der Waals surface area contributed by atoms with E-state index in [4.69, 9.17) is 21.1 Å². The maximum atomic E-state index is 13.0. The fraction of sp³-hybridized carbons (Fsp3) is 0.533. The topological polar surface area (TPSA) is 68.7 Å². The van der Waals surface area contributed by atoms with Gasteiger partial charge in [0.25, 0.3) is 0 Å². The lowest BCUT2D eigenvalue weighted by atomic mass is 10.1. The molecule has 2 rings (SSSR count). The molecule has 0 unspecified atom stereocenters. The summed E-state index contributed by atoms with van der Waals surface area (Å²) < 4.78 is 49.0. The highest BCUT2D eigenvalue weighted by molar-refractivity contribution is 6.29. The lowest BCUT2D eigenvalue weighted by Crippen LogP contribution is -2.41. The molecule has 0 aromatic carbocycles. The molecule has 1 amide bonds. The van der Waals surface area contributed by atoms with Crippen LogP contribution in [-0.4, -0.2) is 47.7 Å². The van der Waals surface area contributed by atoms with Crippen LogP contribution >= 0.6 is 11.6 Å². The molecule has 6 nitrogen and oxygen atoms in total. The molecule has 1 aromatic heterocycles. The normalized spacial score (nSPS) is 15.8. The Morgan fingerprint density at radius 1 is 1.32 bits per heavy atom. The summed E-state index contributed by atoms with van der Waals surface area (Å²) in [7, 11) is 0. The summed E-state index contributed by atoms with van der Waals surface area (Å²) in [6.45, 7) is 2.52. The standard InChI is InChI=1S/C15H16ClF3N2O4/c1-2-24-14(23)21-7-5-9(6-8-21)25-13(22)10-3-4-11(16)20-12(10)15(17,18)19/h3-4,9H,2,5-8H2,1H3. The van der Waals surface area contributed by atoms with Crippen molar-refractivity contribution < 1.29 is 32.2 Å². The summed E-state index contributed by atoms with van der Waals surface area (Å²) in [6.07, 6.45) is -5.25. The minimum atomic E-state index is -4.83. The first kappa shape index (κ1) is 19.3. The van der Waals surface area contributed by atoms with E-state index in [9.17, 15) is 22.8 Å². The van der Waals surface area contributed by atoms with Gasteiger partial charge >= 0.3 is 18.2 Å². The van der Waals surface area contributed by atoms with Crippen molar-refractivity contribution in [1.29, 1.82) is 0 Å². The predicted octanol–water partition coefficient (Wildman–Crippen LogP) is 3.53. The van der Waals surface area contributed by atoms with Gasteiger partial charge < -0.3 is 14.4 Å². The summed E-state index contributed by atoms with van der Waals surface area (Å²) >= 11 is 5.48. The number of likely N-dealkylation sites (tertiary alicyclic amines) is 1. The number of carbonyl (C=O) groups excluding carboxylic acids is 2. The van der Waals surface area contributed by atoms with Crippen LogP contribution in [0.5, 0.6) is 0 Å². The summed E-state index contributed by atoms with van der Waals surface area (Å²) in [6, 6.07) is 2.03. The van der Waals surface area contributed by atoms with Crippen LogP contribution in [0.2, 0.25) is 5.15 Å². The quantitative estimate of drug-likeness (QED) is 0.592. The van der Waals surface area contributed by atoms with Gasteiger partial charge in [-0.05, 0) is 19.1 Å². The Labute approximate surface area is 146 Å². The number of hydrogen-bond donors (Lipinski definition) is 0. The largest absolute Gasteiger partial charge is 0.459 e. The van der Waals surface area contributed by atoms with Crippen LogP contribution < -0.4 is 0 Å². The van der Waals surface area contributed by atoms with E-state index >= 15 is 0 Å². The number of esters is 1. The molecule has 1 saturated heterocycles. The van der Waals surface area contributed by atoms with E-state index < -0.39 is 35.6 Å². The van der Waals surface area contributed by atoms with Gasteiger partial charge in [-0.25, -0.2) is 14.6 Å². The molecular formula is C15H16ClF3N2O4. The number of pyridine rings is 1. The van der Waals surface area contributed by atoms with Crippen molar-refractivity contribution in [2.24, 2.45) is 0 Å². The van der Waals surface area contributed by atoms with Gasteiger partial charge in [-0.2, -0.15) is 13.2 Å². The molecule has 25 heavy (non-hydrogen) atoms. The second-order valence-corrected chi connectivity index (χ2v) is 5.71. The van der Waals surface area contributed by atoms with Crippen molar-refractivity contribution in [2.45, 2.75) is 32.0 Å². The zero-order valence-corrected chi connectivity index (χ0v) is 14.1. The first-order chi connectivity index (χ1) is 11.7. The number of halogens is 4. The summed E-state index contributed by atoms with van der Waals surface area (Å²) in [5, 5.41) is -0.369. The maximum absolute atomic E-state index is 13.0. The van der Waals surface area contributed by atoms with Crippen molar-refractivity contribution in [3.8, 4) is 0 Å². The number of hydrogen-bond acceptors (Lipinski definition) is 5. The van der Waals surface area contributed by atoms with Gasteiger partial charge in [0.2, 0.25) is 0 Å². The molecule has 0 atom stereocenters. The number of aromatic nitrogens is 1. The zero-order valence-electron chi connectivity index (χ0n) is 13.3. The van der Waals surface area contributed by atoms with E-state index in [-0.39, 0.29) is 11.8 Å². The zero-order chi connectivity index (χ0) is 18.6. The maximum Gasteiger partial charge on any atom is 0.434 e. The van der Waals surface area contributed by atoms with Gasteiger partial charge in [-0.3, -0.25) is 0 Å². The molecule has 1 fully saturated rings. The number of nitrogens with zero attached hydrogens (tertiary/aromatic N) is 2. The van der Waals surface area contributed by atoms with Crippen LogP contribution in [-0.2, 0) is 15.7 Å². The van der Waals surface area contributed by atoms with E-state index in [0.717, 1.165) is 12.1 Å². The van der Waals surface area contributed by atoms with Crippen LogP contribution in [0.1, 0.15) is 35.8 Å². The Hall–Kier alpha value is -2.03. The molecule has 1 aliphatic heterocycles. The summed E-state index contributed by atoms with van der Waals surface area (Å²) in [5.74, 6) is -1.12. The molecule has 0 saturated carbocycles. The highest BCUT2D eigenvalue weighted by Crippen LogP contribution is 2.32. The molecule has 0 radical (unpaired) electrons. The van der Waals surface area contributed by atoms with E-state index in [1.165, 1.54) is 4.90 Å². The highest BCUT2D eigenvalue weighted by atomic mass is 35.5. The van der Waals surface area contributed by atoms with Gasteiger partial charge in [-0.15, -0.1) is 0 Å². The van der Waals surface area contributed by atoms with Gasteiger partial charge in [0.15, 0.2) is 5.69 Å². The third-order valence-corrected chi connectivity index (χ3v) is 3.80. The first-order valence-corrected chi connectivity index (χ1v) is 7.96. The minimum Gasteiger partial charge on any atom is -0.459 e. The monoisotopic (exact) mass is 380 g/mol. The second kappa shape index (κ2) is 7.90. The number of ether oxygens (including phenoxy) is 2.